The van der Waals surface area contributed by atoms with Crippen LogP contribution in [0.25, 0.3) is 33.4 Å². The molecule has 0 amide bonds. The van der Waals surface area contributed by atoms with E-state index in [9.17, 15) is 0 Å². The summed E-state index contributed by atoms with van der Waals surface area (Å²) in [4.78, 5) is 2.41. The van der Waals surface area contributed by atoms with Gasteiger partial charge < -0.3 is 4.90 Å². The zero-order valence-corrected chi connectivity index (χ0v) is 35.9. The van der Waals surface area contributed by atoms with Gasteiger partial charge in [-0.3, -0.25) is 0 Å². The Hall–Kier alpha value is -7.40. The highest BCUT2D eigenvalue weighted by atomic mass is 15.1. The number of benzene rings is 6. The summed E-state index contributed by atoms with van der Waals surface area (Å²) in [5, 5.41) is 2.63. The van der Waals surface area contributed by atoms with Crippen molar-refractivity contribution in [1.29, 1.82) is 0 Å². The number of fused-ring (bicyclic) bond motifs is 2. The van der Waals surface area contributed by atoms with Gasteiger partial charge in [0, 0.05) is 29.3 Å². The lowest BCUT2D eigenvalue weighted by Crippen LogP contribution is -2.35. The Morgan fingerprint density at radius 3 is 2.13 bits per heavy atom. The summed E-state index contributed by atoms with van der Waals surface area (Å²) in [6, 6.07) is 57.3. The number of allylic oxidation sites excluding steroid dienone is 12. The van der Waals surface area contributed by atoms with E-state index in [4.69, 9.17) is 0 Å². The van der Waals surface area contributed by atoms with E-state index in [1.807, 2.05) is 6.08 Å². The fourth-order valence-electron chi connectivity index (χ4n) is 8.85. The third kappa shape index (κ3) is 9.47. The molecule has 8 rings (SSSR count). The highest BCUT2D eigenvalue weighted by molar-refractivity contribution is 5.78. The van der Waals surface area contributed by atoms with Crippen LogP contribution in [0.4, 0.5) is 11.4 Å². The predicted molar refractivity (Wildman–Crippen MR) is 268 cm³/mol. The van der Waals surface area contributed by atoms with Crippen molar-refractivity contribution in [1.82, 2.24) is 0 Å². The Morgan fingerprint density at radius 1 is 0.677 bits per heavy atom. The van der Waals surface area contributed by atoms with Gasteiger partial charge in [0.1, 0.15) is 0 Å². The van der Waals surface area contributed by atoms with Gasteiger partial charge in [0.25, 0.3) is 0 Å². The van der Waals surface area contributed by atoms with Crippen LogP contribution < -0.4 is 15.3 Å². The number of hydrogen-bond acceptors (Lipinski definition) is 1. The molecular weight excluding hydrogens is 747 g/mol. The Kier molecular flexibility index (Phi) is 14.3. The van der Waals surface area contributed by atoms with E-state index in [2.05, 4.69) is 263 Å². The van der Waals surface area contributed by atoms with Crippen molar-refractivity contribution in [2.24, 2.45) is 5.92 Å². The summed E-state index contributed by atoms with van der Waals surface area (Å²) >= 11 is 0. The van der Waals surface area contributed by atoms with Gasteiger partial charge in [-0.05, 0) is 105 Å². The van der Waals surface area contributed by atoms with Gasteiger partial charge in [-0.25, -0.2) is 0 Å². The molecule has 6 aromatic carbocycles. The summed E-state index contributed by atoms with van der Waals surface area (Å²) < 4.78 is 0. The average Bonchev–Trinajstić information content (AvgIpc) is 3.35. The van der Waals surface area contributed by atoms with Crippen molar-refractivity contribution in [2.45, 2.75) is 32.1 Å². The minimum Gasteiger partial charge on any atom is -0.338 e. The van der Waals surface area contributed by atoms with E-state index in [0.29, 0.717) is 12.5 Å². The molecule has 0 fully saturated rings. The van der Waals surface area contributed by atoms with Crippen LogP contribution in [0.3, 0.4) is 0 Å². The Labute approximate surface area is 369 Å². The molecule has 1 heteroatoms. The first kappa shape index (κ1) is 42.7. The zero-order chi connectivity index (χ0) is 43.2. The summed E-state index contributed by atoms with van der Waals surface area (Å²) in [6.07, 6.45) is 36.2. The lowest BCUT2D eigenvalue weighted by atomic mass is 9.71. The van der Waals surface area contributed by atoms with Crippen molar-refractivity contribution in [3.8, 4) is 35.1 Å². The molecular formula is C61H55N. The van der Waals surface area contributed by atoms with Crippen molar-refractivity contribution in [3.05, 3.63) is 264 Å². The van der Waals surface area contributed by atoms with Gasteiger partial charge in [-0.15, -0.1) is 12.8 Å². The summed E-state index contributed by atoms with van der Waals surface area (Å²) in [5.41, 5.74) is 13.5. The lowest BCUT2D eigenvalue weighted by Gasteiger charge is -2.32. The van der Waals surface area contributed by atoms with Gasteiger partial charge in [0.05, 0.1) is 0 Å². The van der Waals surface area contributed by atoms with Crippen molar-refractivity contribution >= 4 is 22.5 Å². The van der Waals surface area contributed by atoms with E-state index in [1.54, 1.807) is 0 Å². The molecule has 0 N–H and O–H groups in total. The highest BCUT2D eigenvalue weighted by Crippen LogP contribution is 2.42. The monoisotopic (exact) mass is 801 g/mol. The first-order valence-corrected chi connectivity index (χ1v) is 21.5. The van der Waals surface area contributed by atoms with Crippen LogP contribution in [0, 0.1) is 18.8 Å². The van der Waals surface area contributed by atoms with Gasteiger partial charge in [-0.1, -0.05) is 220 Å². The maximum Gasteiger partial charge on any atom is 0.0419 e. The van der Waals surface area contributed by atoms with Gasteiger partial charge >= 0.3 is 0 Å². The molecule has 6 aromatic rings. The molecule has 1 nitrogen and oxygen atoms in total. The third-order valence-corrected chi connectivity index (χ3v) is 12.0. The van der Waals surface area contributed by atoms with Crippen LogP contribution in [0.5, 0.6) is 0 Å². The number of hydrogen-bond donors (Lipinski definition) is 0. The van der Waals surface area contributed by atoms with Crippen LogP contribution in [-0.4, -0.2) is 6.54 Å². The molecule has 62 heavy (non-hydrogen) atoms. The van der Waals surface area contributed by atoms with Crippen LogP contribution in [0.15, 0.2) is 243 Å². The second-order valence-corrected chi connectivity index (χ2v) is 15.8. The van der Waals surface area contributed by atoms with Crippen molar-refractivity contribution < 1.29 is 0 Å². The quantitative estimate of drug-likeness (QED) is 0.0783. The molecule has 2 atom stereocenters. The molecule has 0 saturated carbocycles. The number of rotatable bonds is 14. The second kappa shape index (κ2) is 20.7. The van der Waals surface area contributed by atoms with E-state index in [-0.39, 0.29) is 5.41 Å². The normalized spacial score (nSPS) is 15.5. The Morgan fingerprint density at radius 2 is 1.37 bits per heavy atom. The predicted octanol–water partition coefficient (Wildman–Crippen LogP) is 14.1. The average molecular weight is 802 g/mol. The summed E-state index contributed by atoms with van der Waals surface area (Å²) in [7, 11) is 0. The van der Waals surface area contributed by atoms with E-state index < -0.39 is 0 Å². The molecule has 0 radical (unpaired) electrons. The fourth-order valence-corrected chi connectivity index (χ4v) is 8.85. The molecule has 0 saturated heterocycles. The van der Waals surface area contributed by atoms with Crippen LogP contribution >= 0.6 is 0 Å². The topological polar surface area (TPSA) is 3.24 Å². The Bertz CT molecular complexity index is 2810. The maximum absolute atomic E-state index is 4.28. The smallest absolute Gasteiger partial charge is 0.0419 e. The SMILES string of the molecule is C#C.C=C/C(=C\C=C/CN(c1ccc(-c2ccccc2C(C)(C/C=C\C=C/C)c2ccccc2)cc1)c1cccc(-c2ccccc2)c1)C1=c2ccccc2=C2C=CC=C[C@@H]2C1. The number of anilines is 2. The lowest BCUT2D eigenvalue weighted by molar-refractivity contribution is 0.582. The molecule has 0 aromatic heterocycles. The second-order valence-electron chi connectivity index (χ2n) is 15.8. The largest absolute Gasteiger partial charge is 0.338 e. The number of terminal acetylenes is 1. The molecule has 0 bridgehead atoms. The van der Waals surface area contributed by atoms with Gasteiger partial charge in [0.2, 0.25) is 0 Å². The molecule has 0 aliphatic heterocycles. The highest BCUT2D eigenvalue weighted by Gasteiger charge is 2.30. The van der Waals surface area contributed by atoms with E-state index >= 15 is 0 Å². The van der Waals surface area contributed by atoms with Gasteiger partial charge in [0.15, 0.2) is 0 Å². The third-order valence-electron chi connectivity index (χ3n) is 12.0. The molecule has 0 spiro atoms. The van der Waals surface area contributed by atoms with Crippen LogP contribution in [0.2, 0.25) is 0 Å². The molecule has 2 aliphatic carbocycles. The zero-order valence-electron chi connectivity index (χ0n) is 35.9. The van der Waals surface area contributed by atoms with Crippen LogP contribution in [0.1, 0.15) is 37.8 Å². The first-order valence-electron chi connectivity index (χ1n) is 21.5. The van der Waals surface area contributed by atoms with Crippen LogP contribution in [-0.2, 0) is 5.41 Å². The molecule has 304 valence electrons. The molecule has 0 heterocycles. The first-order chi connectivity index (χ1) is 30.6. The minimum atomic E-state index is -0.218. The molecule has 2 aliphatic rings. The van der Waals surface area contributed by atoms with Crippen molar-refractivity contribution in [2.75, 3.05) is 11.4 Å². The summed E-state index contributed by atoms with van der Waals surface area (Å²) in [6.45, 7) is 9.41. The maximum atomic E-state index is 4.28. The molecule has 1 unspecified atom stereocenters. The van der Waals surface area contributed by atoms with E-state index in [0.717, 1.165) is 24.2 Å². The number of nitrogens with zero attached hydrogens (tertiary/aromatic N) is 1. The Balaban J connectivity index is 0.00000285. The summed E-state index contributed by atoms with van der Waals surface area (Å²) in [5.74, 6) is 0.377. The van der Waals surface area contributed by atoms with Gasteiger partial charge in [-0.2, -0.15) is 0 Å². The van der Waals surface area contributed by atoms with E-state index in [1.165, 1.54) is 60.5 Å². The van der Waals surface area contributed by atoms with Crippen molar-refractivity contribution in [3.63, 3.8) is 0 Å². The minimum absolute atomic E-state index is 0.218. The fraction of sp³-hybridized carbons (Fsp3) is 0.115. The standard InChI is InChI=1S/C59H53N.C2H2/c1-4-6-7-21-41-59(3,50-29-12-9-13-30-50)58-36-19-18-33-54(58)47-37-39-51(40-38-47)60(52-31-23-28-48(43-52)46-25-10-8-11-26-46)42-22-20-24-45(5-2)57-44-49-27-14-15-32-53(49)55-34-16-17-35-56(55)57;1-2/h4-40,43,49H,2,41-42,44H2,1,3H3;1-2H/b6-4-,21-7-,22-20-,45-24+;/t49-,59?;/m1./s1.